The Balaban J connectivity index is 1.91. The number of hydrogen-bond acceptors (Lipinski definition) is 4. The van der Waals surface area contributed by atoms with Crippen molar-refractivity contribution in [3.05, 3.63) is 104 Å². The van der Waals surface area contributed by atoms with Crippen LogP contribution in [0.5, 0.6) is 0 Å². The van der Waals surface area contributed by atoms with Gasteiger partial charge in [0.1, 0.15) is 5.82 Å². The van der Waals surface area contributed by atoms with Crippen molar-refractivity contribution in [3.63, 3.8) is 0 Å². The van der Waals surface area contributed by atoms with Gasteiger partial charge in [0.15, 0.2) is 11.2 Å². The molecule has 0 amide bonds. The number of hydrogen-bond donors (Lipinski definition) is 0. The summed E-state index contributed by atoms with van der Waals surface area (Å²) in [5, 5.41) is 0.503. The van der Waals surface area contributed by atoms with Gasteiger partial charge in [0, 0.05) is 17.4 Å². The van der Waals surface area contributed by atoms with E-state index >= 15 is 0 Å². The van der Waals surface area contributed by atoms with E-state index < -0.39 is 17.1 Å². The van der Waals surface area contributed by atoms with Gasteiger partial charge >= 0.3 is 5.69 Å². The molecule has 0 spiro atoms. The third-order valence-corrected chi connectivity index (χ3v) is 4.75. The second-order valence-electron chi connectivity index (χ2n) is 6.21. The molecule has 0 aliphatic rings. The first-order chi connectivity index (χ1) is 13.5. The molecule has 6 nitrogen and oxygen atoms in total. The Hall–Kier alpha value is -3.32. The molecule has 0 fully saturated rings. The lowest BCUT2D eigenvalue weighted by molar-refractivity contribution is 0.617. The molecule has 0 N–H and O–H groups in total. The minimum absolute atomic E-state index is 0.00696. The standard InChI is InChI=1S/C20H14ClFN4O2/c21-16-4-2-1-3-14(16)12-25-18-17(23-9-10-24-18)19(27)26(20(25)28)11-13-5-7-15(22)8-6-13/h1-10H,11-12H2. The topological polar surface area (TPSA) is 69.8 Å². The number of aromatic nitrogens is 4. The summed E-state index contributed by atoms with van der Waals surface area (Å²) in [6.45, 7) is 0.129. The Labute approximate surface area is 163 Å². The van der Waals surface area contributed by atoms with E-state index in [9.17, 15) is 14.0 Å². The quantitative estimate of drug-likeness (QED) is 0.532. The van der Waals surface area contributed by atoms with Gasteiger partial charge in [-0.15, -0.1) is 0 Å². The Bertz CT molecular complexity index is 1280. The average molecular weight is 397 g/mol. The summed E-state index contributed by atoms with van der Waals surface area (Å²) < 4.78 is 15.6. The van der Waals surface area contributed by atoms with Crippen molar-refractivity contribution >= 4 is 22.8 Å². The van der Waals surface area contributed by atoms with Gasteiger partial charge in [0.25, 0.3) is 5.56 Å². The first-order valence-corrected chi connectivity index (χ1v) is 8.84. The van der Waals surface area contributed by atoms with Crippen LogP contribution in [0.1, 0.15) is 11.1 Å². The predicted molar refractivity (Wildman–Crippen MR) is 104 cm³/mol. The van der Waals surface area contributed by atoms with E-state index in [4.69, 9.17) is 11.6 Å². The van der Waals surface area contributed by atoms with Gasteiger partial charge < -0.3 is 0 Å². The van der Waals surface area contributed by atoms with E-state index in [1.165, 1.54) is 41.2 Å². The molecule has 4 rings (SSSR count). The first kappa shape index (κ1) is 18.1. The van der Waals surface area contributed by atoms with Gasteiger partial charge in [-0.05, 0) is 29.3 Å². The highest BCUT2D eigenvalue weighted by molar-refractivity contribution is 6.31. The van der Waals surface area contributed by atoms with E-state index in [2.05, 4.69) is 9.97 Å². The molecule has 0 aliphatic carbocycles. The molecule has 140 valence electrons. The van der Waals surface area contributed by atoms with Crippen LogP contribution in [-0.2, 0) is 13.1 Å². The van der Waals surface area contributed by atoms with Crippen LogP contribution in [0.15, 0.2) is 70.5 Å². The van der Waals surface area contributed by atoms with Crippen molar-refractivity contribution in [3.8, 4) is 0 Å². The molecule has 0 bridgehead atoms. The lowest BCUT2D eigenvalue weighted by Gasteiger charge is -2.13. The summed E-state index contributed by atoms with van der Waals surface area (Å²) in [6, 6.07) is 12.8. The van der Waals surface area contributed by atoms with Gasteiger partial charge in [-0.3, -0.25) is 13.9 Å². The molecular formula is C20H14ClFN4O2. The summed E-state index contributed by atoms with van der Waals surface area (Å²) in [6.07, 6.45) is 2.82. The molecule has 4 aromatic rings. The van der Waals surface area contributed by atoms with Crippen LogP contribution in [0.3, 0.4) is 0 Å². The largest absolute Gasteiger partial charge is 0.333 e. The highest BCUT2D eigenvalue weighted by Gasteiger charge is 2.16. The maximum Gasteiger partial charge on any atom is 0.333 e. The molecular weight excluding hydrogens is 383 g/mol. The molecule has 0 saturated heterocycles. The smallest absolute Gasteiger partial charge is 0.271 e. The second kappa shape index (κ2) is 7.36. The molecule has 0 saturated carbocycles. The second-order valence-corrected chi connectivity index (χ2v) is 6.61. The van der Waals surface area contributed by atoms with Crippen LogP contribution in [0.2, 0.25) is 5.02 Å². The molecule has 28 heavy (non-hydrogen) atoms. The fraction of sp³-hybridized carbons (Fsp3) is 0.100. The van der Waals surface area contributed by atoms with Crippen molar-refractivity contribution in [1.29, 1.82) is 0 Å². The van der Waals surface area contributed by atoms with E-state index in [0.29, 0.717) is 16.1 Å². The van der Waals surface area contributed by atoms with Gasteiger partial charge in [0.05, 0.1) is 13.1 Å². The molecule has 8 heteroatoms. The molecule has 2 heterocycles. The normalized spacial score (nSPS) is 11.1. The SMILES string of the molecule is O=c1c2nccnc2n(Cc2ccccc2Cl)c(=O)n1Cc1ccc(F)cc1. The molecule has 0 unspecified atom stereocenters. The number of halogens is 2. The van der Waals surface area contributed by atoms with Crippen LogP contribution in [0.4, 0.5) is 4.39 Å². The van der Waals surface area contributed by atoms with Crippen LogP contribution in [0, 0.1) is 5.82 Å². The van der Waals surface area contributed by atoms with Crippen molar-refractivity contribution in [2.75, 3.05) is 0 Å². The van der Waals surface area contributed by atoms with Crippen LogP contribution >= 0.6 is 11.6 Å². The minimum Gasteiger partial charge on any atom is -0.271 e. The van der Waals surface area contributed by atoms with Crippen LogP contribution < -0.4 is 11.2 Å². The van der Waals surface area contributed by atoms with E-state index in [0.717, 1.165) is 4.57 Å². The molecule has 0 radical (unpaired) electrons. The maximum atomic E-state index is 13.2. The van der Waals surface area contributed by atoms with Gasteiger partial charge in [-0.25, -0.2) is 19.2 Å². The molecule has 2 aromatic carbocycles. The highest BCUT2D eigenvalue weighted by atomic mass is 35.5. The number of rotatable bonds is 4. The summed E-state index contributed by atoms with van der Waals surface area (Å²) in [7, 11) is 0. The lowest BCUT2D eigenvalue weighted by atomic mass is 10.2. The van der Waals surface area contributed by atoms with E-state index in [1.54, 1.807) is 18.2 Å². The average Bonchev–Trinajstić information content (AvgIpc) is 2.71. The maximum absolute atomic E-state index is 13.2. The van der Waals surface area contributed by atoms with Gasteiger partial charge in [-0.2, -0.15) is 0 Å². The van der Waals surface area contributed by atoms with Crippen molar-refractivity contribution in [2.45, 2.75) is 13.1 Å². The molecule has 2 aromatic heterocycles. The lowest BCUT2D eigenvalue weighted by Crippen LogP contribution is -2.41. The highest BCUT2D eigenvalue weighted by Crippen LogP contribution is 2.16. The zero-order valence-electron chi connectivity index (χ0n) is 14.5. The van der Waals surface area contributed by atoms with Crippen molar-refractivity contribution < 1.29 is 4.39 Å². The van der Waals surface area contributed by atoms with E-state index in [1.807, 2.05) is 6.07 Å². The Morgan fingerprint density at radius 2 is 1.61 bits per heavy atom. The fourth-order valence-corrected chi connectivity index (χ4v) is 3.18. The van der Waals surface area contributed by atoms with Crippen LogP contribution in [-0.4, -0.2) is 19.1 Å². The summed E-state index contributed by atoms with van der Waals surface area (Å²) >= 11 is 6.24. The van der Waals surface area contributed by atoms with Gasteiger partial charge in [-0.1, -0.05) is 41.9 Å². The first-order valence-electron chi connectivity index (χ1n) is 8.47. The molecule has 0 atom stereocenters. The molecule has 0 aliphatic heterocycles. The van der Waals surface area contributed by atoms with Gasteiger partial charge in [0.2, 0.25) is 0 Å². The zero-order chi connectivity index (χ0) is 19.7. The predicted octanol–water partition coefficient (Wildman–Crippen LogP) is 2.84. The van der Waals surface area contributed by atoms with E-state index in [-0.39, 0.29) is 24.3 Å². The summed E-state index contributed by atoms with van der Waals surface area (Å²) in [4.78, 5) is 34.3. The number of fused-ring (bicyclic) bond motifs is 1. The Kier molecular flexibility index (Phi) is 4.75. The van der Waals surface area contributed by atoms with Crippen molar-refractivity contribution in [2.24, 2.45) is 0 Å². The Morgan fingerprint density at radius 3 is 2.36 bits per heavy atom. The van der Waals surface area contributed by atoms with Crippen LogP contribution in [0.25, 0.3) is 11.2 Å². The summed E-state index contributed by atoms with van der Waals surface area (Å²) in [5.74, 6) is -0.392. The fourth-order valence-electron chi connectivity index (χ4n) is 2.98. The third kappa shape index (κ3) is 3.32. The number of nitrogens with zero attached hydrogens (tertiary/aromatic N) is 4. The van der Waals surface area contributed by atoms with Crippen molar-refractivity contribution in [1.82, 2.24) is 19.1 Å². The zero-order valence-corrected chi connectivity index (χ0v) is 15.3. The third-order valence-electron chi connectivity index (χ3n) is 4.38. The Morgan fingerprint density at radius 1 is 0.893 bits per heavy atom. The monoisotopic (exact) mass is 396 g/mol. The summed E-state index contributed by atoms with van der Waals surface area (Å²) in [5.41, 5.74) is 0.512. The minimum atomic E-state index is -0.548. The number of benzene rings is 2.